The lowest BCUT2D eigenvalue weighted by Gasteiger charge is -2.23. The van der Waals surface area contributed by atoms with Crippen LogP contribution in [0.5, 0.6) is 0 Å². The molecule has 2 nitrogen and oxygen atoms in total. The Hall–Kier alpha value is -0.540. The highest BCUT2D eigenvalue weighted by Crippen LogP contribution is 2.29. The molecule has 1 saturated carbocycles. The van der Waals surface area contributed by atoms with Crippen LogP contribution < -0.4 is 5.32 Å². The van der Waals surface area contributed by atoms with Gasteiger partial charge in [-0.2, -0.15) is 11.8 Å². The molecule has 0 radical (unpaired) electrons. The van der Waals surface area contributed by atoms with E-state index in [0.717, 1.165) is 10.9 Å². The third-order valence-corrected chi connectivity index (χ3v) is 4.52. The largest absolute Gasteiger partial charge is 0.305 e. The van der Waals surface area contributed by atoms with Gasteiger partial charge in [0.05, 0.1) is 5.69 Å². The first-order valence-electron chi connectivity index (χ1n) is 6.01. The van der Waals surface area contributed by atoms with Crippen molar-refractivity contribution in [3.8, 4) is 0 Å². The van der Waals surface area contributed by atoms with Gasteiger partial charge in [0.1, 0.15) is 0 Å². The van der Waals surface area contributed by atoms with E-state index in [-0.39, 0.29) is 0 Å². The molecule has 88 valence electrons. The average molecular weight is 236 g/mol. The van der Waals surface area contributed by atoms with Crippen molar-refractivity contribution in [2.24, 2.45) is 0 Å². The summed E-state index contributed by atoms with van der Waals surface area (Å²) < 4.78 is 0. The zero-order chi connectivity index (χ0) is 11.4. The van der Waals surface area contributed by atoms with Crippen molar-refractivity contribution >= 4 is 11.8 Å². The molecule has 3 atom stereocenters. The van der Waals surface area contributed by atoms with Crippen molar-refractivity contribution < 1.29 is 0 Å². The van der Waals surface area contributed by atoms with Crippen LogP contribution in [0, 0.1) is 0 Å². The lowest BCUT2D eigenvalue weighted by molar-refractivity contribution is 0.461. The van der Waals surface area contributed by atoms with Crippen molar-refractivity contribution in [1.82, 2.24) is 10.3 Å². The second-order valence-electron chi connectivity index (χ2n) is 4.45. The van der Waals surface area contributed by atoms with E-state index in [9.17, 15) is 0 Å². The fourth-order valence-corrected chi connectivity index (χ4v) is 3.38. The molecule has 0 spiro atoms. The third-order valence-electron chi connectivity index (χ3n) is 3.35. The average Bonchev–Trinajstić information content (AvgIpc) is 2.77. The van der Waals surface area contributed by atoms with E-state index in [4.69, 9.17) is 0 Å². The van der Waals surface area contributed by atoms with Crippen LogP contribution in [-0.4, -0.2) is 22.5 Å². The van der Waals surface area contributed by atoms with Crippen molar-refractivity contribution in [3.05, 3.63) is 30.1 Å². The molecular weight excluding hydrogens is 216 g/mol. The van der Waals surface area contributed by atoms with Crippen LogP contribution in [0.25, 0.3) is 0 Å². The van der Waals surface area contributed by atoms with E-state index in [1.54, 1.807) is 0 Å². The second-order valence-corrected chi connectivity index (χ2v) is 5.53. The molecule has 16 heavy (non-hydrogen) atoms. The van der Waals surface area contributed by atoms with E-state index in [0.29, 0.717) is 12.1 Å². The number of nitrogens with zero attached hydrogens (tertiary/aromatic N) is 1. The smallest absolute Gasteiger partial charge is 0.0570 e. The van der Waals surface area contributed by atoms with Gasteiger partial charge in [0, 0.05) is 23.5 Å². The monoisotopic (exact) mass is 236 g/mol. The molecular formula is C13H20N2S. The SMILES string of the molecule is CSC1CCCC1NC(C)c1ccccn1. The summed E-state index contributed by atoms with van der Waals surface area (Å²) in [5.74, 6) is 0. The molecule has 3 unspecified atom stereocenters. The molecule has 1 aromatic rings. The molecule has 1 aromatic heterocycles. The molecule has 1 fully saturated rings. The van der Waals surface area contributed by atoms with Gasteiger partial charge in [0.25, 0.3) is 0 Å². The summed E-state index contributed by atoms with van der Waals surface area (Å²) in [6, 6.07) is 7.14. The molecule has 3 heteroatoms. The molecule has 2 rings (SSSR count). The topological polar surface area (TPSA) is 24.9 Å². The summed E-state index contributed by atoms with van der Waals surface area (Å²) in [5, 5.41) is 4.50. The zero-order valence-corrected chi connectivity index (χ0v) is 10.8. The minimum Gasteiger partial charge on any atom is -0.305 e. The van der Waals surface area contributed by atoms with Crippen LogP contribution in [0.4, 0.5) is 0 Å². The van der Waals surface area contributed by atoms with Crippen LogP contribution >= 0.6 is 11.8 Å². The molecule has 1 heterocycles. The minimum atomic E-state index is 0.360. The third kappa shape index (κ3) is 2.77. The molecule has 0 saturated heterocycles. The molecule has 0 bridgehead atoms. The van der Waals surface area contributed by atoms with Crippen LogP contribution in [0.3, 0.4) is 0 Å². The number of rotatable bonds is 4. The predicted molar refractivity (Wildman–Crippen MR) is 70.7 cm³/mol. The van der Waals surface area contributed by atoms with Crippen LogP contribution in [0.1, 0.15) is 37.9 Å². The Morgan fingerprint density at radius 1 is 1.44 bits per heavy atom. The summed E-state index contributed by atoms with van der Waals surface area (Å²) in [5.41, 5.74) is 1.15. The van der Waals surface area contributed by atoms with Crippen LogP contribution in [0.2, 0.25) is 0 Å². The number of nitrogens with one attached hydrogen (secondary N) is 1. The number of pyridine rings is 1. The first kappa shape index (κ1) is 11.9. The Kier molecular flexibility index (Phi) is 4.24. The summed E-state index contributed by atoms with van der Waals surface area (Å²) in [7, 11) is 0. The lowest BCUT2D eigenvalue weighted by Crippen LogP contribution is -2.36. The summed E-state index contributed by atoms with van der Waals surface area (Å²) in [4.78, 5) is 4.40. The first-order chi connectivity index (χ1) is 7.81. The fourth-order valence-electron chi connectivity index (χ4n) is 2.44. The molecule has 1 N–H and O–H groups in total. The quantitative estimate of drug-likeness (QED) is 0.870. The Labute approximate surface area is 102 Å². The number of hydrogen-bond acceptors (Lipinski definition) is 3. The molecule has 1 aliphatic carbocycles. The maximum Gasteiger partial charge on any atom is 0.0570 e. The number of thioether (sulfide) groups is 1. The predicted octanol–water partition coefficient (Wildman–Crippen LogP) is 3.02. The van der Waals surface area contributed by atoms with Gasteiger partial charge in [-0.15, -0.1) is 0 Å². The Balaban J connectivity index is 1.94. The second kappa shape index (κ2) is 5.69. The highest BCUT2D eigenvalue weighted by molar-refractivity contribution is 7.99. The molecule has 0 aromatic carbocycles. The lowest BCUT2D eigenvalue weighted by atomic mass is 10.1. The Bertz CT molecular complexity index is 315. The summed E-state index contributed by atoms with van der Waals surface area (Å²) in [6.45, 7) is 2.21. The van der Waals surface area contributed by atoms with Crippen molar-refractivity contribution in [2.75, 3.05) is 6.26 Å². The van der Waals surface area contributed by atoms with Gasteiger partial charge in [-0.1, -0.05) is 12.5 Å². The number of hydrogen-bond donors (Lipinski definition) is 1. The molecule has 0 amide bonds. The van der Waals surface area contributed by atoms with Crippen molar-refractivity contribution in [2.45, 2.75) is 43.5 Å². The summed E-state index contributed by atoms with van der Waals surface area (Å²) >= 11 is 1.99. The van der Waals surface area contributed by atoms with Gasteiger partial charge in [0.2, 0.25) is 0 Å². The normalized spacial score (nSPS) is 26.9. The van der Waals surface area contributed by atoms with E-state index < -0.39 is 0 Å². The maximum absolute atomic E-state index is 4.40. The van der Waals surface area contributed by atoms with E-state index >= 15 is 0 Å². The first-order valence-corrected chi connectivity index (χ1v) is 7.30. The Morgan fingerprint density at radius 3 is 3.00 bits per heavy atom. The maximum atomic E-state index is 4.40. The van der Waals surface area contributed by atoms with Gasteiger partial charge in [-0.05, 0) is 38.2 Å². The van der Waals surface area contributed by atoms with Gasteiger partial charge < -0.3 is 5.32 Å². The van der Waals surface area contributed by atoms with Gasteiger partial charge in [-0.25, -0.2) is 0 Å². The highest BCUT2D eigenvalue weighted by Gasteiger charge is 2.27. The number of aromatic nitrogens is 1. The Morgan fingerprint density at radius 2 is 2.31 bits per heavy atom. The minimum absolute atomic E-state index is 0.360. The van der Waals surface area contributed by atoms with E-state index in [1.165, 1.54) is 19.3 Å². The van der Waals surface area contributed by atoms with Gasteiger partial charge in [0.15, 0.2) is 0 Å². The van der Waals surface area contributed by atoms with Crippen molar-refractivity contribution in [1.29, 1.82) is 0 Å². The van der Waals surface area contributed by atoms with E-state index in [1.807, 2.05) is 24.0 Å². The zero-order valence-electron chi connectivity index (χ0n) is 10.0. The van der Waals surface area contributed by atoms with Crippen molar-refractivity contribution in [3.63, 3.8) is 0 Å². The van der Waals surface area contributed by atoms with Crippen LogP contribution in [-0.2, 0) is 0 Å². The van der Waals surface area contributed by atoms with Gasteiger partial charge >= 0.3 is 0 Å². The van der Waals surface area contributed by atoms with Gasteiger partial charge in [-0.3, -0.25) is 4.98 Å². The highest BCUT2D eigenvalue weighted by atomic mass is 32.2. The fraction of sp³-hybridized carbons (Fsp3) is 0.615. The molecule has 0 aliphatic heterocycles. The van der Waals surface area contributed by atoms with Crippen LogP contribution in [0.15, 0.2) is 24.4 Å². The molecule has 1 aliphatic rings. The standard InChI is InChI=1S/C13H20N2S/c1-10(11-6-3-4-9-14-11)15-12-7-5-8-13(12)16-2/h3-4,6,9-10,12-13,15H,5,7-8H2,1-2H3. The summed E-state index contributed by atoms with van der Waals surface area (Å²) in [6.07, 6.45) is 8.11. The van der Waals surface area contributed by atoms with E-state index in [2.05, 4.69) is 35.6 Å².